The number of phenols is 1. The summed E-state index contributed by atoms with van der Waals surface area (Å²) < 4.78 is 5.10. The first-order valence-electron chi connectivity index (χ1n) is 6.84. The first-order valence-corrected chi connectivity index (χ1v) is 6.84. The molecule has 0 heterocycles. The lowest BCUT2D eigenvalue weighted by molar-refractivity contribution is -0.385. The van der Waals surface area contributed by atoms with Crippen LogP contribution in [-0.2, 0) is 17.9 Å². The third kappa shape index (κ3) is 4.04. The molecule has 2 aromatic carbocycles. The molecule has 0 spiro atoms. The highest BCUT2D eigenvalue weighted by molar-refractivity contribution is 5.95. The summed E-state index contributed by atoms with van der Waals surface area (Å²) in [5.41, 5.74) is 1.46. The van der Waals surface area contributed by atoms with Crippen LogP contribution in [0.2, 0.25) is 0 Å². The van der Waals surface area contributed by atoms with E-state index in [1.54, 1.807) is 7.11 Å². The first kappa shape index (κ1) is 16.4. The van der Waals surface area contributed by atoms with Crippen LogP contribution in [0, 0.1) is 10.1 Å². The third-order valence-corrected chi connectivity index (χ3v) is 3.29. The molecule has 0 aliphatic carbocycles. The number of hydrogen-bond donors (Lipinski definition) is 2. The van der Waals surface area contributed by atoms with E-state index in [0.29, 0.717) is 6.61 Å². The zero-order valence-corrected chi connectivity index (χ0v) is 12.5. The van der Waals surface area contributed by atoms with Crippen molar-refractivity contribution in [3.63, 3.8) is 0 Å². The van der Waals surface area contributed by atoms with Gasteiger partial charge in [-0.15, -0.1) is 0 Å². The Morgan fingerprint density at radius 3 is 2.61 bits per heavy atom. The molecule has 0 radical (unpaired) electrons. The molecule has 0 saturated heterocycles. The molecule has 7 heteroatoms. The summed E-state index contributed by atoms with van der Waals surface area (Å²) >= 11 is 0. The summed E-state index contributed by atoms with van der Waals surface area (Å²) in [6.45, 7) is 0.698. The van der Waals surface area contributed by atoms with Gasteiger partial charge in [0, 0.05) is 25.3 Å². The van der Waals surface area contributed by atoms with Gasteiger partial charge < -0.3 is 15.2 Å². The number of hydrogen-bond acceptors (Lipinski definition) is 5. The summed E-state index contributed by atoms with van der Waals surface area (Å²) in [6, 6.07) is 11.0. The van der Waals surface area contributed by atoms with Gasteiger partial charge in [0.05, 0.1) is 11.5 Å². The highest BCUT2D eigenvalue weighted by Gasteiger charge is 2.17. The van der Waals surface area contributed by atoms with E-state index < -0.39 is 22.3 Å². The Bertz CT molecular complexity index is 730. The van der Waals surface area contributed by atoms with Crippen molar-refractivity contribution in [2.24, 2.45) is 0 Å². The van der Waals surface area contributed by atoms with Crippen molar-refractivity contribution < 1.29 is 19.6 Å². The second kappa shape index (κ2) is 7.37. The summed E-state index contributed by atoms with van der Waals surface area (Å²) in [6.07, 6.45) is 0. The quantitative estimate of drug-likeness (QED) is 0.629. The molecular formula is C16H16N2O5. The predicted molar refractivity (Wildman–Crippen MR) is 83.1 cm³/mol. The van der Waals surface area contributed by atoms with Crippen LogP contribution < -0.4 is 5.32 Å². The van der Waals surface area contributed by atoms with Crippen molar-refractivity contribution in [3.05, 3.63) is 69.3 Å². The Balaban J connectivity index is 2.11. The maximum absolute atomic E-state index is 12.1. The minimum absolute atomic E-state index is 0.110. The Morgan fingerprint density at radius 2 is 1.96 bits per heavy atom. The van der Waals surface area contributed by atoms with Crippen LogP contribution in [0.15, 0.2) is 42.5 Å². The lowest BCUT2D eigenvalue weighted by Gasteiger charge is -2.10. The second-order valence-electron chi connectivity index (χ2n) is 4.85. The predicted octanol–water partition coefficient (Wildman–Crippen LogP) is 2.38. The number of rotatable bonds is 6. The molecule has 0 unspecified atom stereocenters. The van der Waals surface area contributed by atoms with E-state index in [4.69, 9.17) is 4.74 Å². The molecule has 0 atom stereocenters. The van der Waals surface area contributed by atoms with Gasteiger partial charge in [-0.3, -0.25) is 14.9 Å². The third-order valence-electron chi connectivity index (χ3n) is 3.29. The molecule has 0 aromatic heterocycles. The number of carbonyl (C=O) groups excluding carboxylic acids is 1. The Kier molecular flexibility index (Phi) is 5.27. The van der Waals surface area contributed by atoms with E-state index in [1.165, 1.54) is 6.07 Å². The topological polar surface area (TPSA) is 102 Å². The minimum Gasteiger partial charge on any atom is -0.502 e. The van der Waals surface area contributed by atoms with E-state index in [9.17, 15) is 20.0 Å². The van der Waals surface area contributed by atoms with Gasteiger partial charge in [0.2, 0.25) is 0 Å². The lowest BCUT2D eigenvalue weighted by Crippen LogP contribution is -2.23. The molecule has 1 amide bonds. The lowest BCUT2D eigenvalue weighted by atomic mass is 10.1. The summed E-state index contributed by atoms with van der Waals surface area (Å²) in [7, 11) is 1.59. The number of phenolic OH excluding ortho intramolecular Hbond substituents is 1. The molecule has 0 saturated carbocycles. The Hall–Kier alpha value is -2.93. The summed E-state index contributed by atoms with van der Waals surface area (Å²) in [4.78, 5) is 22.2. The van der Waals surface area contributed by atoms with Crippen LogP contribution in [0.3, 0.4) is 0 Å². The highest BCUT2D eigenvalue weighted by atomic mass is 16.6. The zero-order valence-electron chi connectivity index (χ0n) is 12.5. The smallest absolute Gasteiger partial charge is 0.311 e. The maximum atomic E-state index is 12.1. The van der Waals surface area contributed by atoms with Crippen molar-refractivity contribution in [1.29, 1.82) is 0 Å². The fourth-order valence-corrected chi connectivity index (χ4v) is 2.11. The van der Waals surface area contributed by atoms with Gasteiger partial charge in [0.15, 0.2) is 5.75 Å². The van der Waals surface area contributed by atoms with Gasteiger partial charge in [-0.1, -0.05) is 24.3 Å². The number of amides is 1. The Labute approximate surface area is 132 Å². The number of benzene rings is 2. The molecule has 120 valence electrons. The van der Waals surface area contributed by atoms with E-state index in [2.05, 4.69) is 5.32 Å². The fraction of sp³-hybridized carbons (Fsp3) is 0.188. The maximum Gasteiger partial charge on any atom is 0.311 e. The molecule has 23 heavy (non-hydrogen) atoms. The van der Waals surface area contributed by atoms with Crippen LogP contribution in [0.5, 0.6) is 5.75 Å². The summed E-state index contributed by atoms with van der Waals surface area (Å²) in [5.74, 6) is -0.933. The molecule has 0 fully saturated rings. The van der Waals surface area contributed by atoms with E-state index in [-0.39, 0.29) is 12.1 Å². The minimum atomic E-state index is -0.736. The van der Waals surface area contributed by atoms with Gasteiger partial charge in [-0.2, -0.15) is 0 Å². The van der Waals surface area contributed by atoms with Crippen molar-refractivity contribution in [3.8, 4) is 5.75 Å². The van der Waals surface area contributed by atoms with E-state index in [0.717, 1.165) is 23.3 Å². The molecule has 2 N–H and O–H groups in total. The van der Waals surface area contributed by atoms with Gasteiger partial charge >= 0.3 is 5.69 Å². The van der Waals surface area contributed by atoms with Crippen molar-refractivity contribution in [1.82, 2.24) is 5.32 Å². The number of aromatic hydroxyl groups is 1. The largest absolute Gasteiger partial charge is 0.502 e. The van der Waals surface area contributed by atoms with Crippen LogP contribution in [0.4, 0.5) is 5.69 Å². The van der Waals surface area contributed by atoms with Crippen molar-refractivity contribution >= 4 is 11.6 Å². The molecule has 0 aliphatic heterocycles. The first-order chi connectivity index (χ1) is 11.0. The highest BCUT2D eigenvalue weighted by Crippen LogP contribution is 2.26. The Morgan fingerprint density at radius 1 is 1.26 bits per heavy atom. The van der Waals surface area contributed by atoms with Gasteiger partial charge in [-0.25, -0.2) is 0 Å². The van der Waals surface area contributed by atoms with Gasteiger partial charge in [-0.05, 0) is 23.3 Å². The molecule has 0 bridgehead atoms. The number of carbonyl (C=O) groups is 1. The monoisotopic (exact) mass is 316 g/mol. The van der Waals surface area contributed by atoms with Crippen LogP contribution in [0.25, 0.3) is 0 Å². The molecule has 2 rings (SSSR count). The average molecular weight is 316 g/mol. The van der Waals surface area contributed by atoms with E-state index >= 15 is 0 Å². The number of nitrogens with one attached hydrogen (secondary N) is 1. The molecule has 7 nitrogen and oxygen atoms in total. The van der Waals surface area contributed by atoms with Crippen LogP contribution in [0.1, 0.15) is 21.5 Å². The normalized spacial score (nSPS) is 10.3. The molecule has 0 aliphatic rings. The average Bonchev–Trinajstić information content (AvgIpc) is 2.54. The van der Waals surface area contributed by atoms with E-state index in [1.807, 2.05) is 24.3 Å². The number of ether oxygens (including phenoxy) is 1. The van der Waals surface area contributed by atoms with Gasteiger partial charge in [0.25, 0.3) is 5.91 Å². The SMILES string of the molecule is COCc1ccccc1CNC(=O)c1ccc(O)c([N+](=O)[O-])c1. The van der Waals surface area contributed by atoms with Crippen molar-refractivity contribution in [2.75, 3.05) is 7.11 Å². The van der Waals surface area contributed by atoms with Crippen LogP contribution >= 0.6 is 0 Å². The number of nitrogens with zero attached hydrogens (tertiary/aromatic N) is 1. The number of nitro benzene ring substituents is 1. The number of methoxy groups -OCH3 is 1. The summed E-state index contributed by atoms with van der Waals surface area (Å²) in [5, 5.41) is 22.9. The second-order valence-corrected chi connectivity index (χ2v) is 4.85. The van der Waals surface area contributed by atoms with Crippen LogP contribution in [-0.4, -0.2) is 23.0 Å². The van der Waals surface area contributed by atoms with Gasteiger partial charge in [0.1, 0.15) is 0 Å². The zero-order chi connectivity index (χ0) is 16.8. The molecule has 2 aromatic rings. The number of nitro groups is 1. The fourth-order valence-electron chi connectivity index (χ4n) is 2.11. The molecular weight excluding hydrogens is 300 g/mol. The van der Waals surface area contributed by atoms with Crippen molar-refractivity contribution in [2.45, 2.75) is 13.2 Å². The standard InChI is InChI=1S/C16H16N2O5/c1-23-10-13-5-3-2-4-12(13)9-17-16(20)11-6-7-15(19)14(8-11)18(21)22/h2-8,19H,9-10H2,1H3,(H,17,20).